The molecular formula is C12H16ClF2NO3S. The Morgan fingerprint density at radius 3 is 2.20 bits per heavy atom. The highest BCUT2D eigenvalue weighted by molar-refractivity contribution is 7.89. The summed E-state index contributed by atoms with van der Waals surface area (Å²) in [6.45, 7) is 2.86. The van der Waals surface area contributed by atoms with Gasteiger partial charge in [-0.05, 0) is 32.0 Å². The highest BCUT2D eigenvalue weighted by Crippen LogP contribution is 2.31. The van der Waals surface area contributed by atoms with Gasteiger partial charge in [-0.25, -0.2) is 17.2 Å². The maximum absolute atomic E-state index is 13.4. The minimum absolute atomic E-state index is 0.0800. The fraction of sp³-hybridized carbons (Fsp3) is 0.500. The minimum atomic E-state index is -4.12. The first-order valence-corrected chi connectivity index (χ1v) is 7.52. The van der Waals surface area contributed by atoms with Gasteiger partial charge in [0, 0.05) is 6.92 Å². The van der Waals surface area contributed by atoms with Crippen molar-refractivity contribution in [2.45, 2.75) is 37.1 Å². The third-order valence-electron chi connectivity index (χ3n) is 2.92. The quantitative estimate of drug-likeness (QED) is 0.904. The molecule has 0 spiro atoms. The van der Waals surface area contributed by atoms with Gasteiger partial charge in [0.25, 0.3) is 5.92 Å². The zero-order valence-electron chi connectivity index (χ0n) is 11.5. The van der Waals surface area contributed by atoms with Crippen LogP contribution in [0, 0.1) is 0 Å². The van der Waals surface area contributed by atoms with Crippen molar-refractivity contribution in [3.8, 4) is 5.75 Å². The Morgan fingerprint density at radius 2 is 1.80 bits per heavy atom. The Labute approximate surface area is 122 Å². The second kappa shape index (κ2) is 5.46. The fourth-order valence-corrected chi connectivity index (χ4v) is 3.11. The van der Waals surface area contributed by atoms with Crippen LogP contribution in [-0.2, 0) is 10.0 Å². The zero-order chi connectivity index (χ0) is 15.8. The monoisotopic (exact) mass is 327 g/mol. The van der Waals surface area contributed by atoms with Crippen molar-refractivity contribution >= 4 is 21.6 Å². The predicted molar refractivity (Wildman–Crippen MR) is 73.0 cm³/mol. The van der Waals surface area contributed by atoms with Crippen LogP contribution in [0.4, 0.5) is 8.78 Å². The maximum Gasteiger partial charge on any atom is 0.263 e. The topological polar surface area (TPSA) is 55.4 Å². The van der Waals surface area contributed by atoms with Crippen molar-refractivity contribution in [3.05, 3.63) is 23.2 Å². The van der Waals surface area contributed by atoms with Crippen LogP contribution in [0.1, 0.15) is 20.8 Å². The highest BCUT2D eigenvalue weighted by Gasteiger charge is 2.45. The molecule has 0 saturated heterocycles. The third-order valence-corrected chi connectivity index (χ3v) is 4.87. The van der Waals surface area contributed by atoms with Gasteiger partial charge in [0.05, 0.1) is 22.6 Å². The maximum atomic E-state index is 13.4. The molecule has 0 bridgehead atoms. The zero-order valence-corrected chi connectivity index (χ0v) is 13.1. The van der Waals surface area contributed by atoms with Crippen LogP contribution in [-0.4, -0.2) is 27.0 Å². The van der Waals surface area contributed by atoms with Gasteiger partial charge < -0.3 is 4.74 Å². The lowest BCUT2D eigenvalue weighted by Gasteiger charge is -2.31. The molecule has 114 valence electrons. The van der Waals surface area contributed by atoms with E-state index in [4.69, 9.17) is 16.3 Å². The summed E-state index contributed by atoms with van der Waals surface area (Å²) < 4.78 is 57.8. The van der Waals surface area contributed by atoms with Crippen LogP contribution < -0.4 is 9.46 Å². The van der Waals surface area contributed by atoms with Crippen molar-refractivity contribution in [2.75, 3.05) is 7.11 Å². The van der Waals surface area contributed by atoms with Crippen molar-refractivity contribution in [3.63, 3.8) is 0 Å². The van der Waals surface area contributed by atoms with Gasteiger partial charge in [0.15, 0.2) is 0 Å². The molecule has 0 saturated carbocycles. The average Bonchev–Trinajstić information content (AvgIpc) is 2.25. The van der Waals surface area contributed by atoms with Crippen molar-refractivity contribution in [2.24, 2.45) is 0 Å². The Kier molecular flexibility index (Phi) is 4.68. The van der Waals surface area contributed by atoms with Gasteiger partial charge in [0.2, 0.25) is 10.0 Å². The summed E-state index contributed by atoms with van der Waals surface area (Å²) in [5.41, 5.74) is -1.93. The third kappa shape index (κ3) is 3.59. The molecule has 0 heterocycles. The molecule has 1 aromatic rings. The molecular weight excluding hydrogens is 312 g/mol. The summed E-state index contributed by atoms with van der Waals surface area (Å²) >= 11 is 5.83. The summed E-state index contributed by atoms with van der Waals surface area (Å²) in [6, 6.07) is 3.73. The van der Waals surface area contributed by atoms with E-state index in [9.17, 15) is 17.2 Å². The van der Waals surface area contributed by atoms with Crippen LogP contribution in [0.25, 0.3) is 0 Å². The lowest BCUT2D eigenvalue weighted by molar-refractivity contribution is -0.0488. The number of alkyl halides is 2. The molecule has 0 unspecified atom stereocenters. The fourth-order valence-electron chi connectivity index (χ4n) is 1.30. The number of benzene rings is 1. The van der Waals surface area contributed by atoms with Crippen molar-refractivity contribution < 1.29 is 21.9 Å². The van der Waals surface area contributed by atoms with E-state index in [0.717, 1.165) is 19.9 Å². The van der Waals surface area contributed by atoms with Gasteiger partial charge in [-0.1, -0.05) is 11.6 Å². The predicted octanol–water partition coefficient (Wildman–Crippen LogP) is 3.06. The minimum Gasteiger partial charge on any atom is -0.495 e. The average molecular weight is 328 g/mol. The normalized spacial score (nSPS) is 13.3. The number of hydrogen-bond acceptors (Lipinski definition) is 3. The van der Waals surface area contributed by atoms with E-state index < -0.39 is 21.5 Å². The van der Waals surface area contributed by atoms with E-state index in [-0.39, 0.29) is 9.92 Å². The van der Waals surface area contributed by atoms with Crippen LogP contribution in [0.15, 0.2) is 23.1 Å². The van der Waals surface area contributed by atoms with Gasteiger partial charge >= 0.3 is 0 Å². The largest absolute Gasteiger partial charge is 0.495 e. The van der Waals surface area contributed by atoms with Crippen molar-refractivity contribution in [1.29, 1.82) is 0 Å². The van der Waals surface area contributed by atoms with Gasteiger partial charge in [-0.15, -0.1) is 0 Å². The Morgan fingerprint density at radius 1 is 1.25 bits per heavy atom. The summed E-state index contributed by atoms with van der Waals surface area (Å²) in [4.78, 5) is -0.208. The van der Waals surface area contributed by atoms with E-state index >= 15 is 0 Å². The molecule has 0 fully saturated rings. The van der Waals surface area contributed by atoms with Crippen LogP contribution in [0.3, 0.4) is 0 Å². The van der Waals surface area contributed by atoms with Crippen molar-refractivity contribution in [1.82, 2.24) is 4.72 Å². The number of hydrogen-bond donors (Lipinski definition) is 1. The molecule has 8 heteroatoms. The molecule has 4 nitrogen and oxygen atoms in total. The van der Waals surface area contributed by atoms with Gasteiger partial charge in [-0.3, -0.25) is 0 Å². The second-order valence-corrected chi connectivity index (χ2v) is 7.00. The Hall–Kier alpha value is -0.920. The van der Waals surface area contributed by atoms with Gasteiger partial charge in [-0.2, -0.15) is 4.72 Å². The summed E-state index contributed by atoms with van der Waals surface area (Å²) in [6.07, 6.45) is 0. The standard InChI is InChI=1S/C12H16ClF2NO3S/c1-11(2,12(3,14)15)16-20(17,18)8-5-6-10(19-4)9(13)7-8/h5-7,16H,1-4H3. The summed E-state index contributed by atoms with van der Waals surface area (Å²) in [5, 5.41) is 0.0800. The van der Waals surface area contributed by atoms with Crippen LogP contribution in [0.5, 0.6) is 5.75 Å². The number of rotatable bonds is 5. The molecule has 1 aromatic carbocycles. The van der Waals surface area contributed by atoms with Crippen LogP contribution in [0.2, 0.25) is 5.02 Å². The first kappa shape index (κ1) is 17.1. The molecule has 0 amide bonds. The van der Waals surface area contributed by atoms with E-state index in [0.29, 0.717) is 12.7 Å². The number of methoxy groups -OCH3 is 1. The lowest BCUT2D eigenvalue weighted by Crippen LogP contribution is -2.54. The van der Waals surface area contributed by atoms with Crippen LogP contribution >= 0.6 is 11.6 Å². The smallest absolute Gasteiger partial charge is 0.263 e. The molecule has 0 atom stereocenters. The summed E-state index contributed by atoms with van der Waals surface area (Å²) in [7, 11) is -2.74. The van der Waals surface area contributed by atoms with E-state index in [1.54, 1.807) is 0 Å². The molecule has 0 aliphatic heterocycles. The van der Waals surface area contributed by atoms with E-state index in [1.807, 2.05) is 4.72 Å². The molecule has 0 aromatic heterocycles. The highest BCUT2D eigenvalue weighted by atomic mass is 35.5. The lowest BCUT2D eigenvalue weighted by atomic mass is 10.00. The first-order valence-electron chi connectivity index (χ1n) is 5.66. The first-order chi connectivity index (χ1) is 8.90. The molecule has 0 aliphatic carbocycles. The molecule has 20 heavy (non-hydrogen) atoms. The summed E-state index contributed by atoms with van der Waals surface area (Å²) in [5.74, 6) is -2.93. The SMILES string of the molecule is COc1ccc(S(=O)(=O)NC(C)(C)C(C)(F)F)cc1Cl. The van der Waals surface area contributed by atoms with E-state index in [1.165, 1.54) is 19.2 Å². The second-order valence-electron chi connectivity index (χ2n) is 4.92. The molecule has 0 radical (unpaired) electrons. The molecule has 1 rings (SSSR count). The molecule has 0 aliphatic rings. The Bertz CT molecular complexity index is 597. The number of ether oxygens (including phenoxy) is 1. The Balaban J connectivity index is 3.16. The van der Waals surface area contributed by atoms with E-state index in [2.05, 4.69) is 0 Å². The number of sulfonamides is 1. The van der Waals surface area contributed by atoms with Gasteiger partial charge in [0.1, 0.15) is 5.75 Å². The molecule has 1 N–H and O–H groups in total. The number of nitrogens with one attached hydrogen (secondary N) is 1. The number of halogens is 3.